The van der Waals surface area contributed by atoms with E-state index in [2.05, 4.69) is 15.5 Å². The molecule has 0 saturated carbocycles. The van der Waals surface area contributed by atoms with Crippen LogP contribution in [0.1, 0.15) is 42.4 Å². The summed E-state index contributed by atoms with van der Waals surface area (Å²) in [6.07, 6.45) is 1.22. The summed E-state index contributed by atoms with van der Waals surface area (Å²) in [4.78, 5) is 11.9. The molecule has 0 aliphatic heterocycles. The first-order valence-corrected chi connectivity index (χ1v) is 8.37. The van der Waals surface area contributed by atoms with Crippen LogP contribution in [0.2, 0.25) is 10.0 Å². The van der Waals surface area contributed by atoms with Gasteiger partial charge in [-0.25, -0.2) is 0 Å². The van der Waals surface area contributed by atoms with Crippen molar-refractivity contribution in [2.75, 3.05) is 13.2 Å². The number of hydrogen-bond acceptors (Lipinski definition) is 5. The average molecular weight is 372 g/mol. The van der Waals surface area contributed by atoms with Crippen LogP contribution in [0.4, 0.5) is 0 Å². The Hall–Kier alpha value is -1.63. The number of nitrogens with one attached hydrogen (secondary N) is 1. The molecular weight excluding hydrogens is 353 g/mol. The first-order valence-electron chi connectivity index (χ1n) is 7.62. The second-order valence-electron chi connectivity index (χ2n) is 5.44. The van der Waals surface area contributed by atoms with Gasteiger partial charge in [0.2, 0.25) is 5.89 Å². The van der Waals surface area contributed by atoms with Crippen LogP contribution < -0.4 is 5.32 Å². The number of aromatic nitrogens is 2. The molecular formula is C16H19Cl2N3O3. The topological polar surface area (TPSA) is 77.2 Å². The summed E-state index contributed by atoms with van der Waals surface area (Å²) in [5.41, 5.74) is 0.794. The maximum Gasteiger partial charge on any atom is 0.308 e. The van der Waals surface area contributed by atoms with Crippen molar-refractivity contribution < 1.29 is 13.9 Å². The highest BCUT2D eigenvalue weighted by Gasteiger charge is 2.15. The number of carbonyl (C=O) groups excluding carboxylic acids is 1. The van der Waals surface area contributed by atoms with Crippen molar-refractivity contribution in [2.45, 2.75) is 32.8 Å². The molecule has 24 heavy (non-hydrogen) atoms. The monoisotopic (exact) mass is 371 g/mol. The largest absolute Gasteiger partial charge is 0.417 e. The lowest BCUT2D eigenvalue weighted by Crippen LogP contribution is -2.25. The molecule has 130 valence electrons. The second kappa shape index (κ2) is 9.01. The fraction of sp³-hybridized carbons (Fsp3) is 0.438. The maximum atomic E-state index is 11.9. The van der Waals surface area contributed by atoms with E-state index in [0.29, 0.717) is 41.9 Å². The maximum absolute atomic E-state index is 11.9. The molecule has 1 aromatic carbocycles. The van der Waals surface area contributed by atoms with E-state index in [1.165, 1.54) is 0 Å². The number of carbonyl (C=O) groups is 1. The molecule has 2 aromatic rings. The van der Waals surface area contributed by atoms with Gasteiger partial charge in [-0.05, 0) is 38.0 Å². The zero-order valence-electron chi connectivity index (χ0n) is 13.5. The lowest BCUT2D eigenvalue weighted by atomic mass is 10.1. The number of halogens is 2. The molecule has 2 rings (SSSR count). The van der Waals surface area contributed by atoms with Gasteiger partial charge in [0.1, 0.15) is 0 Å². The minimum Gasteiger partial charge on any atom is -0.417 e. The van der Waals surface area contributed by atoms with Gasteiger partial charge in [-0.3, -0.25) is 4.79 Å². The van der Waals surface area contributed by atoms with Crippen LogP contribution in [-0.2, 0) is 11.2 Å². The molecule has 0 radical (unpaired) electrons. The molecule has 1 heterocycles. The fourth-order valence-corrected chi connectivity index (χ4v) is 2.39. The van der Waals surface area contributed by atoms with Gasteiger partial charge in [0.25, 0.3) is 0 Å². The van der Waals surface area contributed by atoms with E-state index in [9.17, 15) is 4.79 Å². The van der Waals surface area contributed by atoms with Crippen LogP contribution >= 0.6 is 23.2 Å². The van der Waals surface area contributed by atoms with Gasteiger partial charge in [0.15, 0.2) is 0 Å². The predicted molar refractivity (Wildman–Crippen MR) is 91.6 cm³/mol. The molecule has 0 bridgehead atoms. The SMILES string of the molecule is CC(C)OCCCNC(=O)c1nnc(Cc2ccc(Cl)cc2Cl)o1. The Morgan fingerprint density at radius 1 is 1.33 bits per heavy atom. The van der Waals surface area contributed by atoms with E-state index in [-0.39, 0.29) is 12.0 Å². The Morgan fingerprint density at radius 3 is 2.83 bits per heavy atom. The molecule has 1 aromatic heterocycles. The second-order valence-corrected chi connectivity index (χ2v) is 6.29. The van der Waals surface area contributed by atoms with Crippen LogP contribution in [0.5, 0.6) is 0 Å². The van der Waals surface area contributed by atoms with E-state index >= 15 is 0 Å². The number of rotatable bonds is 8. The molecule has 8 heteroatoms. The van der Waals surface area contributed by atoms with E-state index in [4.69, 9.17) is 32.4 Å². The van der Waals surface area contributed by atoms with Gasteiger partial charge in [0, 0.05) is 23.2 Å². The lowest BCUT2D eigenvalue weighted by Gasteiger charge is -2.07. The highest BCUT2D eigenvalue weighted by atomic mass is 35.5. The van der Waals surface area contributed by atoms with Crippen molar-refractivity contribution in [3.05, 3.63) is 45.6 Å². The highest BCUT2D eigenvalue weighted by Crippen LogP contribution is 2.23. The quantitative estimate of drug-likeness (QED) is 0.718. The summed E-state index contributed by atoms with van der Waals surface area (Å²) in [5, 5.41) is 11.4. The first kappa shape index (κ1) is 18.7. The van der Waals surface area contributed by atoms with Gasteiger partial charge in [-0.1, -0.05) is 29.3 Å². The third-order valence-electron chi connectivity index (χ3n) is 3.08. The Bertz CT molecular complexity index is 689. The lowest BCUT2D eigenvalue weighted by molar-refractivity contribution is 0.0752. The normalized spacial score (nSPS) is 11.0. The Labute approximate surface area is 150 Å². The average Bonchev–Trinajstić information content (AvgIpc) is 2.98. The third kappa shape index (κ3) is 5.78. The molecule has 1 amide bonds. The van der Waals surface area contributed by atoms with Gasteiger partial charge in [-0.2, -0.15) is 0 Å². The molecule has 0 aliphatic rings. The molecule has 1 N–H and O–H groups in total. The minimum atomic E-state index is -0.402. The molecule has 0 unspecified atom stereocenters. The zero-order valence-corrected chi connectivity index (χ0v) is 15.0. The summed E-state index contributed by atoms with van der Waals surface area (Å²) < 4.78 is 10.8. The van der Waals surface area contributed by atoms with Crippen LogP contribution in [0.25, 0.3) is 0 Å². The Balaban J connectivity index is 1.84. The van der Waals surface area contributed by atoms with Crippen molar-refractivity contribution in [2.24, 2.45) is 0 Å². The predicted octanol–water partition coefficient (Wildman–Crippen LogP) is 3.51. The van der Waals surface area contributed by atoms with Crippen LogP contribution in [0, 0.1) is 0 Å². The van der Waals surface area contributed by atoms with Crippen LogP contribution in [-0.4, -0.2) is 35.4 Å². The van der Waals surface area contributed by atoms with Gasteiger partial charge >= 0.3 is 11.8 Å². The summed E-state index contributed by atoms with van der Waals surface area (Å²) in [7, 11) is 0. The van der Waals surface area contributed by atoms with E-state index in [1.807, 2.05) is 13.8 Å². The van der Waals surface area contributed by atoms with Crippen molar-refractivity contribution in [3.8, 4) is 0 Å². The number of benzene rings is 1. The number of amides is 1. The number of nitrogens with zero attached hydrogens (tertiary/aromatic N) is 2. The standard InChI is InChI=1S/C16H19Cl2N3O3/c1-10(2)23-7-3-6-19-15(22)16-21-20-14(24-16)8-11-4-5-12(17)9-13(11)18/h4-5,9-10H,3,6-8H2,1-2H3,(H,19,22). The molecule has 0 spiro atoms. The van der Waals surface area contributed by atoms with E-state index < -0.39 is 5.91 Å². The van der Waals surface area contributed by atoms with Gasteiger partial charge in [-0.15, -0.1) is 10.2 Å². The summed E-state index contributed by atoms with van der Waals surface area (Å²) in [6.45, 7) is 4.99. The van der Waals surface area contributed by atoms with E-state index in [0.717, 1.165) is 5.56 Å². The Morgan fingerprint density at radius 2 is 2.12 bits per heavy atom. The molecule has 6 nitrogen and oxygen atoms in total. The van der Waals surface area contributed by atoms with Crippen LogP contribution in [0.15, 0.2) is 22.6 Å². The fourth-order valence-electron chi connectivity index (χ4n) is 1.91. The molecule has 0 atom stereocenters. The van der Waals surface area contributed by atoms with Crippen molar-refractivity contribution in [3.63, 3.8) is 0 Å². The molecule has 0 saturated heterocycles. The van der Waals surface area contributed by atoms with Crippen molar-refractivity contribution in [1.82, 2.24) is 15.5 Å². The molecule has 0 fully saturated rings. The van der Waals surface area contributed by atoms with Crippen molar-refractivity contribution >= 4 is 29.1 Å². The zero-order chi connectivity index (χ0) is 17.5. The van der Waals surface area contributed by atoms with Gasteiger partial charge < -0.3 is 14.5 Å². The van der Waals surface area contributed by atoms with Crippen molar-refractivity contribution in [1.29, 1.82) is 0 Å². The summed E-state index contributed by atoms with van der Waals surface area (Å²) in [6, 6.07) is 5.15. The summed E-state index contributed by atoms with van der Waals surface area (Å²) >= 11 is 12.0. The third-order valence-corrected chi connectivity index (χ3v) is 3.66. The number of ether oxygens (including phenoxy) is 1. The first-order chi connectivity index (χ1) is 11.5. The number of hydrogen-bond donors (Lipinski definition) is 1. The summed E-state index contributed by atoms with van der Waals surface area (Å²) in [5.74, 6) is -0.159. The van der Waals surface area contributed by atoms with Crippen LogP contribution in [0.3, 0.4) is 0 Å². The van der Waals surface area contributed by atoms with E-state index in [1.54, 1.807) is 18.2 Å². The minimum absolute atomic E-state index is 0.0696. The highest BCUT2D eigenvalue weighted by molar-refractivity contribution is 6.35. The smallest absolute Gasteiger partial charge is 0.308 e. The molecule has 0 aliphatic carbocycles. The Kier molecular flexibility index (Phi) is 7.02. The van der Waals surface area contributed by atoms with Gasteiger partial charge in [0.05, 0.1) is 12.5 Å².